The van der Waals surface area contributed by atoms with Crippen molar-refractivity contribution in [3.63, 3.8) is 0 Å². The first-order valence-corrected chi connectivity index (χ1v) is 3.51. The summed E-state index contributed by atoms with van der Waals surface area (Å²) in [6.45, 7) is 0. The van der Waals surface area contributed by atoms with Crippen LogP contribution in [-0.2, 0) is 7.05 Å². The fourth-order valence-electron chi connectivity index (χ4n) is 1.09. The van der Waals surface area contributed by atoms with E-state index in [1.54, 1.807) is 25.2 Å². The van der Waals surface area contributed by atoms with Crippen LogP contribution in [0, 0.1) is 11.3 Å². The van der Waals surface area contributed by atoms with Crippen LogP contribution < -0.4 is 0 Å². The molecule has 0 atom stereocenters. The van der Waals surface area contributed by atoms with Gasteiger partial charge in [0.05, 0.1) is 11.6 Å². The molecule has 1 aromatic heterocycles. The minimum absolute atomic E-state index is 0.614. The van der Waals surface area contributed by atoms with Gasteiger partial charge in [0.15, 0.2) is 0 Å². The van der Waals surface area contributed by atoms with Crippen molar-refractivity contribution in [2.75, 3.05) is 0 Å². The van der Waals surface area contributed by atoms with Gasteiger partial charge >= 0.3 is 0 Å². The van der Waals surface area contributed by atoms with E-state index in [1.807, 2.05) is 0 Å². The Hall–Kier alpha value is -1.89. The second kappa shape index (κ2) is 2.31. The van der Waals surface area contributed by atoms with Crippen molar-refractivity contribution < 1.29 is 0 Å². The SMILES string of the molecule is Cn1nc2ccc(C#N)cc2n1. The zero-order chi connectivity index (χ0) is 8.55. The van der Waals surface area contributed by atoms with Gasteiger partial charge in [0.1, 0.15) is 11.0 Å². The lowest BCUT2D eigenvalue weighted by molar-refractivity contribution is 0.665. The van der Waals surface area contributed by atoms with Crippen molar-refractivity contribution in [3.8, 4) is 6.07 Å². The number of fused-ring (bicyclic) bond motifs is 1. The summed E-state index contributed by atoms with van der Waals surface area (Å²) in [6.07, 6.45) is 0. The first kappa shape index (κ1) is 6.80. The number of benzene rings is 1. The zero-order valence-corrected chi connectivity index (χ0v) is 6.52. The smallest absolute Gasteiger partial charge is 0.114 e. The minimum Gasteiger partial charge on any atom is -0.192 e. The van der Waals surface area contributed by atoms with E-state index in [0.29, 0.717) is 5.56 Å². The molecule has 0 unspecified atom stereocenters. The summed E-state index contributed by atoms with van der Waals surface area (Å²) in [5, 5.41) is 16.8. The van der Waals surface area contributed by atoms with Gasteiger partial charge in [0.2, 0.25) is 0 Å². The quantitative estimate of drug-likeness (QED) is 0.570. The van der Waals surface area contributed by atoms with E-state index in [0.717, 1.165) is 11.0 Å². The lowest BCUT2D eigenvalue weighted by Crippen LogP contribution is -1.90. The van der Waals surface area contributed by atoms with Gasteiger partial charge < -0.3 is 0 Å². The molecule has 0 aliphatic heterocycles. The Bertz CT molecular complexity index is 463. The monoisotopic (exact) mass is 158 g/mol. The van der Waals surface area contributed by atoms with Crippen molar-refractivity contribution in [2.45, 2.75) is 0 Å². The van der Waals surface area contributed by atoms with Crippen LogP contribution in [0.4, 0.5) is 0 Å². The molecule has 0 aliphatic rings. The average Bonchev–Trinajstić information content (AvgIpc) is 2.43. The van der Waals surface area contributed by atoms with Crippen LogP contribution in [0.2, 0.25) is 0 Å². The molecule has 2 rings (SSSR count). The predicted molar refractivity (Wildman–Crippen MR) is 43.2 cm³/mol. The Kier molecular flexibility index (Phi) is 1.31. The summed E-state index contributed by atoms with van der Waals surface area (Å²) < 4.78 is 0. The second-order valence-electron chi connectivity index (χ2n) is 2.50. The van der Waals surface area contributed by atoms with Gasteiger partial charge in [-0.2, -0.15) is 20.3 Å². The summed E-state index contributed by atoms with van der Waals surface area (Å²) >= 11 is 0. The lowest BCUT2D eigenvalue weighted by Gasteiger charge is -1.84. The molecule has 0 radical (unpaired) electrons. The number of aromatic nitrogens is 3. The summed E-state index contributed by atoms with van der Waals surface area (Å²) in [6, 6.07) is 7.30. The topological polar surface area (TPSA) is 54.5 Å². The molecule has 0 spiro atoms. The Morgan fingerprint density at radius 3 is 2.83 bits per heavy atom. The summed E-state index contributed by atoms with van der Waals surface area (Å²) in [7, 11) is 1.76. The normalized spacial score (nSPS) is 10.0. The van der Waals surface area contributed by atoms with Crippen LogP contribution in [0.5, 0.6) is 0 Å². The maximum absolute atomic E-state index is 8.60. The van der Waals surface area contributed by atoms with E-state index in [-0.39, 0.29) is 0 Å². The number of nitrogens with zero attached hydrogens (tertiary/aromatic N) is 4. The molecular formula is C8H6N4. The molecule has 58 valence electrons. The maximum Gasteiger partial charge on any atom is 0.114 e. The third-order valence-electron chi connectivity index (χ3n) is 1.61. The Morgan fingerprint density at radius 1 is 1.33 bits per heavy atom. The van der Waals surface area contributed by atoms with Gasteiger partial charge in [-0.15, -0.1) is 0 Å². The van der Waals surface area contributed by atoms with Crippen LogP contribution in [-0.4, -0.2) is 15.0 Å². The number of hydrogen-bond donors (Lipinski definition) is 0. The number of hydrogen-bond acceptors (Lipinski definition) is 3. The van der Waals surface area contributed by atoms with Crippen LogP contribution in [0.15, 0.2) is 18.2 Å². The largest absolute Gasteiger partial charge is 0.192 e. The second-order valence-corrected chi connectivity index (χ2v) is 2.50. The fraction of sp³-hybridized carbons (Fsp3) is 0.125. The highest BCUT2D eigenvalue weighted by Gasteiger charge is 1.99. The lowest BCUT2D eigenvalue weighted by atomic mass is 10.2. The molecule has 1 heterocycles. The van der Waals surface area contributed by atoms with Crippen LogP contribution in [0.3, 0.4) is 0 Å². The molecule has 0 saturated carbocycles. The third-order valence-corrected chi connectivity index (χ3v) is 1.61. The van der Waals surface area contributed by atoms with Gasteiger partial charge in [-0.05, 0) is 18.2 Å². The van der Waals surface area contributed by atoms with Gasteiger partial charge in [-0.25, -0.2) is 0 Å². The molecular weight excluding hydrogens is 152 g/mol. The Morgan fingerprint density at radius 2 is 2.08 bits per heavy atom. The zero-order valence-electron chi connectivity index (χ0n) is 6.52. The van der Waals surface area contributed by atoms with E-state index in [2.05, 4.69) is 16.3 Å². The molecule has 0 saturated heterocycles. The van der Waals surface area contributed by atoms with Crippen LogP contribution in [0.1, 0.15) is 5.56 Å². The van der Waals surface area contributed by atoms with E-state index >= 15 is 0 Å². The molecule has 12 heavy (non-hydrogen) atoms. The van der Waals surface area contributed by atoms with E-state index < -0.39 is 0 Å². The molecule has 0 bridgehead atoms. The first-order chi connectivity index (χ1) is 5.79. The number of rotatable bonds is 0. The molecule has 0 N–H and O–H groups in total. The van der Waals surface area contributed by atoms with Crippen molar-refractivity contribution in [2.24, 2.45) is 7.05 Å². The highest BCUT2D eigenvalue weighted by atomic mass is 15.4. The standard InChI is InChI=1S/C8H6N4/c1-12-10-7-3-2-6(5-9)4-8(7)11-12/h2-4H,1H3. The summed E-state index contributed by atoms with van der Waals surface area (Å²) in [5.41, 5.74) is 2.19. The van der Waals surface area contributed by atoms with Crippen molar-refractivity contribution in [1.29, 1.82) is 5.26 Å². The third kappa shape index (κ3) is 0.920. The highest BCUT2D eigenvalue weighted by molar-refractivity contribution is 5.75. The number of nitriles is 1. The van der Waals surface area contributed by atoms with E-state index in [1.165, 1.54) is 4.80 Å². The van der Waals surface area contributed by atoms with Crippen molar-refractivity contribution >= 4 is 11.0 Å². The minimum atomic E-state index is 0.614. The predicted octanol–water partition coefficient (Wildman–Crippen LogP) is 0.840. The average molecular weight is 158 g/mol. The fourth-order valence-corrected chi connectivity index (χ4v) is 1.09. The van der Waals surface area contributed by atoms with E-state index in [9.17, 15) is 0 Å². The molecule has 0 aliphatic carbocycles. The molecule has 4 nitrogen and oxygen atoms in total. The molecule has 1 aromatic carbocycles. The molecule has 4 heteroatoms. The van der Waals surface area contributed by atoms with Crippen molar-refractivity contribution in [1.82, 2.24) is 15.0 Å². The van der Waals surface area contributed by atoms with Gasteiger partial charge in [0.25, 0.3) is 0 Å². The van der Waals surface area contributed by atoms with Gasteiger partial charge in [-0.1, -0.05) is 0 Å². The van der Waals surface area contributed by atoms with Crippen LogP contribution >= 0.6 is 0 Å². The Balaban J connectivity index is 2.77. The summed E-state index contributed by atoms with van der Waals surface area (Å²) in [5.74, 6) is 0. The Labute approximate surface area is 69.0 Å². The maximum atomic E-state index is 8.60. The number of aryl methyl sites for hydroxylation is 1. The van der Waals surface area contributed by atoms with Crippen molar-refractivity contribution in [3.05, 3.63) is 23.8 Å². The summed E-state index contributed by atoms with van der Waals surface area (Å²) in [4.78, 5) is 1.49. The first-order valence-electron chi connectivity index (χ1n) is 3.51. The van der Waals surface area contributed by atoms with Gasteiger partial charge in [0, 0.05) is 7.05 Å². The molecule has 0 amide bonds. The molecule has 2 aromatic rings. The highest BCUT2D eigenvalue weighted by Crippen LogP contribution is 2.09. The molecule has 0 fully saturated rings. The van der Waals surface area contributed by atoms with Gasteiger partial charge in [-0.3, -0.25) is 0 Å². The van der Waals surface area contributed by atoms with E-state index in [4.69, 9.17) is 5.26 Å². The van der Waals surface area contributed by atoms with Crippen LogP contribution in [0.25, 0.3) is 11.0 Å².